The van der Waals surface area contributed by atoms with E-state index < -0.39 is 6.04 Å². The highest BCUT2D eigenvalue weighted by Crippen LogP contribution is 2.22. The zero-order valence-electron chi connectivity index (χ0n) is 27.3. The van der Waals surface area contributed by atoms with Gasteiger partial charge < -0.3 is 14.5 Å². The number of piperazine rings is 1. The van der Waals surface area contributed by atoms with Crippen molar-refractivity contribution in [1.29, 1.82) is 0 Å². The first kappa shape index (κ1) is 32.7. The highest BCUT2D eigenvalue weighted by atomic mass is 16.5. The molecule has 0 N–H and O–H groups in total. The molecule has 1 saturated heterocycles. The van der Waals surface area contributed by atoms with Crippen molar-refractivity contribution in [3.05, 3.63) is 143 Å². The quantitative estimate of drug-likeness (QED) is 0.169. The summed E-state index contributed by atoms with van der Waals surface area (Å²) in [7, 11) is 1.65. The predicted octanol–water partition coefficient (Wildman–Crippen LogP) is 6.56. The van der Waals surface area contributed by atoms with E-state index in [1.165, 1.54) is 11.1 Å². The molecule has 1 aliphatic rings. The van der Waals surface area contributed by atoms with Gasteiger partial charge in [0.25, 0.3) is 0 Å². The molecule has 0 aromatic heterocycles. The monoisotopic (exact) mass is 615 g/mol. The smallest absolute Gasteiger partial charge is 0.247 e. The number of aryl methyl sites for hydroxylation is 2. The van der Waals surface area contributed by atoms with Gasteiger partial charge in [-0.05, 0) is 64.9 Å². The highest BCUT2D eigenvalue weighted by Gasteiger charge is 2.34. The number of ether oxygens (including phenoxy) is 1. The first-order valence-electron chi connectivity index (χ1n) is 16.2. The van der Waals surface area contributed by atoms with Crippen molar-refractivity contribution >= 4 is 17.9 Å². The second-order valence-corrected chi connectivity index (χ2v) is 12.0. The van der Waals surface area contributed by atoms with E-state index in [0.717, 1.165) is 54.1 Å². The molecule has 0 saturated carbocycles. The number of benzene rings is 4. The third-order valence-electron chi connectivity index (χ3n) is 8.77. The van der Waals surface area contributed by atoms with E-state index in [2.05, 4.69) is 60.4 Å². The van der Waals surface area contributed by atoms with Crippen molar-refractivity contribution in [2.45, 2.75) is 45.8 Å². The van der Waals surface area contributed by atoms with Crippen LogP contribution in [-0.2, 0) is 35.5 Å². The minimum absolute atomic E-state index is 0.00423. The molecule has 0 radical (unpaired) electrons. The summed E-state index contributed by atoms with van der Waals surface area (Å²) in [6, 6.07) is 34.0. The van der Waals surface area contributed by atoms with Crippen molar-refractivity contribution in [3.63, 3.8) is 0 Å². The molecule has 6 heteroatoms. The van der Waals surface area contributed by atoms with Crippen molar-refractivity contribution in [2.24, 2.45) is 0 Å². The van der Waals surface area contributed by atoms with E-state index in [1.807, 2.05) is 72.5 Å². The highest BCUT2D eigenvalue weighted by molar-refractivity contribution is 5.96. The Morgan fingerprint density at radius 1 is 0.804 bits per heavy atom. The summed E-state index contributed by atoms with van der Waals surface area (Å²) in [6.45, 7) is 8.17. The maximum absolute atomic E-state index is 14.5. The molecule has 0 aliphatic carbocycles. The lowest BCUT2D eigenvalue weighted by atomic mass is 10.0. The van der Waals surface area contributed by atoms with Gasteiger partial charge in [-0.25, -0.2) is 0 Å². The van der Waals surface area contributed by atoms with E-state index in [0.29, 0.717) is 26.1 Å². The average Bonchev–Trinajstić information content (AvgIpc) is 3.10. The lowest BCUT2D eigenvalue weighted by Crippen LogP contribution is -2.56. The van der Waals surface area contributed by atoms with Gasteiger partial charge in [-0.3, -0.25) is 14.5 Å². The summed E-state index contributed by atoms with van der Waals surface area (Å²) in [5, 5.41) is 0. The van der Waals surface area contributed by atoms with E-state index in [9.17, 15) is 9.59 Å². The Hall–Kier alpha value is -4.68. The third-order valence-corrected chi connectivity index (χ3v) is 8.77. The Kier molecular flexibility index (Phi) is 11.4. The zero-order valence-corrected chi connectivity index (χ0v) is 27.3. The summed E-state index contributed by atoms with van der Waals surface area (Å²) < 4.78 is 5.41. The number of carbonyl (C=O) groups is 2. The second kappa shape index (κ2) is 16.1. The minimum Gasteiger partial charge on any atom is -0.496 e. The second-order valence-electron chi connectivity index (χ2n) is 12.0. The SMILES string of the molecule is CCc1ccc(CN(C(=O)C=Cc2ccc(OC)c(C)c2)[C@@H](Cc2ccccc2)C(=O)N2CCN(Cc3ccccc3)CC2)cc1. The number of rotatable bonds is 12. The molecule has 1 heterocycles. The van der Waals surface area contributed by atoms with Crippen LogP contribution in [0.1, 0.15) is 40.3 Å². The normalized spacial score (nSPS) is 14.3. The molecule has 4 aromatic carbocycles. The number of hydrogen-bond donors (Lipinski definition) is 0. The average molecular weight is 616 g/mol. The number of hydrogen-bond acceptors (Lipinski definition) is 4. The molecule has 1 aliphatic heterocycles. The first-order valence-corrected chi connectivity index (χ1v) is 16.2. The third kappa shape index (κ3) is 8.73. The molecular weight excluding hydrogens is 570 g/mol. The molecule has 0 bridgehead atoms. The molecule has 0 unspecified atom stereocenters. The van der Waals surface area contributed by atoms with Crippen LogP contribution >= 0.6 is 0 Å². The van der Waals surface area contributed by atoms with Crippen molar-refractivity contribution in [3.8, 4) is 5.75 Å². The van der Waals surface area contributed by atoms with Crippen molar-refractivity contribution in [1.82, 2.24) is 14.7 Å². The van der Waals surface area contributed by atoms with E-state index in [4.69, 9.17) is 4.74 Å². The van der Waals surface area contributed by atoms with Crippen LogP contribution in [0.15, 0.2) is 109 Å². The van der Waals surface area contributed by atoms with Crippen LogP contribution in [0, 0.1) is 6.92 Å². The first-order chi connectivity index (χ1) is 22.4. The zero-order chi connectivity index (χ0) is 32.3. The van der Waals surface area contributed by atoms with Crippen LogP contribution in [0.3, 0.4) is 0 Å². The molecule has 46 heavy (non-hydrogen) atoms. The summed E-state index contributed by atoms with van der Waals surface area (Å²) in [5.41, 5.74) is 6.43. The topological polar surface area (TPSA) is 53.1 Å². The Bertz CT molecular complexity index is 1590. The number of amides is 2. The Labute approximate surface area is 273 Å². The van der Waals surface area contributed by atoms with Crippen molar-refractivity contribution in [2.75, 3.05) is 33.3 Å². The number of methoxy groups -OCH3 is 1. The molecule has 6 nitrogen and oxygen atoms in total. The van der Waals surface area contributed by atoms with Gasteiger partial charge in [0.05, 0.1) is 7.11 Å². The lowest BCUT2D eigenvalue weighted by Gasteiger charge is -2.39. The van der Waals surface area contributed by atoms with Crippen LogP contribution in [0.4, 0.5) is 0 Å². The molecule has 1 fully saturated rings. The molecule has 2 amide bonds. The molecule has 5 rings (SSSR count). The van der Waals surface area contributed by atoms with E-state index in [-0.39, 0.29) is 11.8 Å². The predicted molar refractivity (Wildman–Crippen MR) is 185 cm³/mol. The van der Waals surface area contributed by atoms with Gasteiger partial charge in [-0.15, -0.1) is 0 Å². The molecule has 1 atom stereocenters. The minimum atomic E-state index is -0.649. The van der Waals surface area contributed by atoms with Crippen LogP contribution < -0.4 is 4.74 Å². The van der Waals surface area contributed by atoms with Crippen LogP contribution in [-0.4, -0.2) is 65.8 Å². The maximum atomic E-state index is 14.5. The Morgan fingerprint density at radius 2 is 1.43 bits per heavy atom. The van der Waals surface area contributed by atoms with Crippen molar-refractivity contribution < 1.29 is 14.3 Å². The van der Waals surface area contributed by atoms with Crippen LogP contribution in [0.2, 0.25) is 0 Å². The lowest BCUT2D eigenvalue weighted by molar-refractivity contribution is -0.145. The molecule has 0 spiro atoms. The van der Waals surface area contributed by atoms with E-state index >= 15 is 0 Å². The number of nitrogens with zero attached hydrogens (tertiary/aromatic N) is 3. The van der Waals surface area contributed by atoms with Gasteiger partial charge in [0.1, 0.15) is 11.8 Å². The fourth-order valence-electron chi connectivity index (χ4n) is 6.03. The Balaban J connectivity index is 1.41. The largest absolute Gasteiger partial charge is 0.496 e. The van der Waals surface area contributed by atoms with Gasteiger partial charge in [0.15, 0.2) is 0 Å². The summed E-state index contributed by atoms with van der Waals surface area (Å²) in [5.74, 6) is 0.610. The van der Waals surface area contributed by atoms with Gasteiger partial charge >= 0.3 is 0 Å². The van der Waals surface area contributed by atoms with Crippen LogP contribution in [0.25, 0.3) is 6.08 Å². The van der Waals surface area contributed by atoms with Gasteiger partial charge in [-0.1, -0.05) is 97.9 Å². The van der Waals surface area contributed by atoms with Crippen LogP contribution in [0.5, 0.6) is 5.75 Å². The summed E-state index contributed by atoms with van der Waals surface area (Å²) >= 11 is 0. The fraction of sp³-hybridized carbons (Fsp3) is 0.300. The molecule has 238 valence electrons. The summed E-state index contributed by atoms with van der Waals surface area (Å²) in [4.78, 5) is 34.7. The van der Waals surface area contributed by atoms with Gasteiger partial charge in [0.2, 0.25) is 11.8 Å². The number of carbonyl (C=O) groups excluding carboxylic acids is 2. The summed E-state index contributed by atoms with van der Waals surface area (Å²) in [6.07, 6.45) is 4.82. The van der Waals surface area contributed by atoms with E-state index in [1.54, 1.807) is 18.1 Å². The van der Waals surface area contributed by atoms with Gasteiger partial charge in [0, 0.05) is 51.8 Å². The molecule has 4 aromatic rings. The van der Waals surface area contributed by atoms with Gasteiger partial charge in [-0.2, -0.15) is 0 Å². The fourth-order valence-corrected chi connectivity index (χ4v) is 6.03. The standard InChI is InChI=1S/C40H45N3O3/c1-4-32-15-17-36(18-16-32)30-43(39(44)22-20-34-19-21-38(46-3)31(2)27-34)37(28-33-11-7-5-8-12-33)40(45)42-25-23-41(24-26-42)29-35-13-9-6-10-14-35/h5-22,27,37H,4,23-26,28-30H2,1-3H3/t37-/m0/s1. The molecular formula is C40H45N3O3. The Morgan fingerprint density at radius 3 is 2.04 bits per heavy atom. The maximum Gasteiger partial charge on any atom is 0.247 e.